The Hall–Kier alpha value is -2.65. The fraction of sp³-hybridized carbons (Fsp3) is 0.263. The van der Waals surface area contributed by atoms with Gasteiger partial charge in [-0.05, 0) is 49.7 Å². The molecule has 1 amide bonds. The van der Waals surface area contributed by atoms with Crippen molar-refractivity contribution in [2.24, 2.45) is 0 Å². The molecular weight excluding hydrogens is 398 g/mol. The van der Waals surface area contributed by atoms with Crippen LogP contribution in [0.5, 0.6) is 0 Å². The molecule has 0 aliphatic carbocycles. The number of benzene rings is 2. The fourth-order valence-electron chi connectivity index (χ4n) is 2.96. The number of hydrogen-bond donors (Lipinski definition) is 1. The average Bonchev–Trinajstić information content (AvgIpc) is 2.92. The molecular formula is C19H21N3O4S2. The Kier molecular flexibility index (Phi) is 5.57. The van der Waals surface area contributed by atoms with Crippen LogP contribution in [0.2, 0.25) is 0 Å². The molecule has 0 unspecified atom stereocenters. The second-order valence-corrected chi connectivity index (χ2v) is 9.35. The smallest absolute Gasteiger partial charge is 0.308 e. The lowest BCUT2D eigenvalue weighted by Gasteiger charge is -2.22. The molecule has 1 N–H and O–H groups in total. The summed E-state index contributed by atoms with van der Waals surface area (Å²) in [7, 11) is -3.63. The summed E-state index contributed by atoms with van der Waals surface area (Å²) in [5.74, 6) is -0.464. The van der Waals surface area contributed by atoms with E-state index in [9.17, 15) is 18.0 Å². The zero-order chi connectivity index (χ0) is 20.5. The Morgan fingerprint density at radius 1 is 1.21 bits per heavy atom. The third-order valence-electron chi connectivity index (χ3n) is 4.25. The minimum absolute atomic E-state index is 0.0522. The number of amides is 1. The van der Waals surface area contributed by atoms with Gasteiger partial charge < -0.3 is 5.32 Å². The van der Waals surface area contributed by atoms with E-state index < -0.39 is 15.9 Å². The summed E-state index contributed by atoms with van der Waals surface area (Å²) in [5.41, 5.74) is 2.66. The number of carbonyl (C=O) groups is 1. The predicted molar refractivity (Wildman–Crippen MR) is 114 cm³/mol. The Morgan fingerprint density at radius 3 is 2.61 bits per heavy atom. The van der Waals surface area contributed by atoms with Crippen molar-refractivity contribution in [2.75, 3.05) is 22.4 Å². The van der Waals surface area contributed by atoms with Crippen LogP contribution in [0.15, 0.2) is 47.3 Å². The van der Waals surface area contributed by atoms with Gasteiger partial charge in [0.1, 0.15) is 6.54 Å². The summed E-state index contributed by atoms with van der Waals surface area (Å²) in [6.45, 7) is 3.98. The van der Waals surface area contributed by atoms with Crippen molar-refractivity contribution in [1.29, 1.82) is 0 Å². The highest BCUT2D eigenvalue weighted by Gasteiger charge is 2.21. The Balaban J connectivity index is 1.83. The molecule has 2 aromatic carbocycles. The SMILES string of the molecule is CCn1c(=O)sc2cc(NC(=O)CN(c3cccc(C)c3)S(C)(=O)=O)ccc21. The number of aromatic nitrogens is 1. The van der Waals surface area contributed by atoms with Gasteiger partial charge in [-0.15, -0.1) is 0 Å². The van der Waals surface area contributed by atoms with Crippen molar-refractivity contribution in [1.82, 2.24) is 4.57 Å². The molecule has 0 radical (unpaired) electrons. The molecule has 3 aromatic rings. The zero-order valence-electron chi connectivity index (χ0n) is 15.8. The van der Waals surface area contributed by atoms with Gasteiger partial charge in [0.2, 0.25) is 15.9 Å². The number of nitrogens with one attached hydrogen (secondary N) is 1. The first-order chi connectivity index (χ1) is 13.2. The first-order valence-corrected chi connectivity index (χ1v) is 11.3. The van der Waals surface area contributed by atoms with Crippen LogP contribution < -0.4 is 14.5 Å². The van der Waals surface area contributed by atoms with Crippen LogP contribution in [-0.4, -0.2) is 31.7 Å². The molecule has 0 saturated carbocycles. The molecule has 28 heavy (non-hydrogen) atoms. The largest absolute Gasteiger partial charge is 0.324 e. The predicted octanol–water partition coefficient (Wildman–Crippen LogP) is 2.80. The van der Waals surface area contributed by atoms with Gasteiger partial charge in [0.05, 0.1) is 22.2 Å². The third-order valence-corrected chi connectivity index (χ3v) is 6.33. The lowest BCUT2D eigenvalue weighted by atomic mass is 10.2. The Labute approximate surface area is 167 Å². The number of rotatable bonds is 6. The van der Waals surface area contributed by atoms with Crippen molar-refractivity contribution in [3.63, 3.8) is 0 Å². The fourth-order valence-corrected chi connectivity index (χ4v) is 4.80. The normalized spacial score (nSPS) is 11.5. The number of anilines is 2. The van der Waals surface area contributed by atoms with E-state index in [2.05, 4.69) is 5.32 Å². The van der Waals surface area contributed by atoms with E-state index in [-0.39, 0.29) is 11.4 Å². The third kappa shape index (κ3) is 4.26. The van der Waals surface area contributed by atoms with Crippen LogP contribution in [0.3, 0.4) is 0 Å². The lowest BCUT2D eigenvalue weighted by molar-refractivity contribution is -0.114. The molecule has 0 saturated heterocycles. The van der Waals surface area contributed by atoms with E-state index in [0.29, 0.717) is 17.9 Å². The maximum absolute atomic E-state index is 12.5. The number of aryl methyl sites for hydroxylation is 2. The van der Waals surface area contributed by atoms with Gasteiger partial charge in [0, 0.05) is 12.2 Å². The number of carbonyl (C=O) groups excluding carboxylic acids is 1. The number of nitrogens with zero attached hydrogens (tertiary/aromatic N) is 2. The first kappa shape index (κ1) is 20.1. The topological polar surface area (TPSA) is 88.5 Å². The average molecular weight is 420 g/mol. The summed E-state index contributed by atoms with van der Waals surface area (Å²) in [5, 5.41) is 2.72. The summed E-state index contributed by atoms with van der Waals surface area (Å²) in [6.07, 6.45) is 1.07. The van der Waals surface area contributed by atoms with Crippen molar-refractivity contribution in [3.8, 4) is 0 Å². The van der Waals surface area contributed by atoms with E-state index in [1.807, 2.05) is 19.9 Å². The van der Waals surface area contributed by atoms with Crippen molar-refractivity contribution in [3.05, 3.63) is 57.7 Å². The second-order valence-electron chi connectivity index (χ2n) is 6.45. The second kappa shape index (κ2) is 7.76. The quantitative estimate of drug-likeness (QED) is 0.665. The monoisotopic (exact) mass is 419 g/mol. The number of sulfonamides is 1. The summed E-state index contributed by atoms with van der Waals surface area (Å²) < 4.78 is 27.9. The van der Waals surface area contributed by atoms with Crippen molar-refractivity contribution < 1.29 is 13.2 Å². The van der Waals surface area contributed by atoms with Gasteiger partial charge in [-0.25, -0.2) is 8.42 Å². The van der Waals surface area contributed by atoms with Crippen molar-refractivity contribution in [2.45, 2.75) is 20.4 Å². The molecule has 0 bridgehead atoms. The van der Waals surface area contributed by atoms with E-state index in [1.165, 1.54) is 0 Å². The van der Waals surface area contributed by atoms with Gasteiger partial charge in [-0.3, -0.25) is 18.5 Å². The van der Waals surface area contributed by atoms with Crippen LogP contribution in [0.4, 0.5) is 11.4 Å². The van der Waals surface area contributed by atoms with Gasteiger partial charge in [0.15, 0.2) is 0 Å². The van der Waals surface area contributed by atoms with E-state index >= 15 is 0 Å². The van der Waals surface area contributed by atoms with Crippen LogP contribution in [0, 0.1) is 6.92 Å². The molecule has 1 heterocycles. The summed E-state index contributed by atoms with van der Waals surface area (Å²) >= 11 is 1.11. The summed E-state index contributed by atoms with van der Waals surface area (Å²) in [6, 6.07) is 12.2. The van der Waals surface area contributed by atoms with Crippen LogP contribution in [0.25, 0.3) is 10.2 Å². The van der Waals surface area contributed by atoms with Gasteiger partial charge in [-0.1, -0.05) is 23.5 Å². The van der Waals surface area contributed by atoms with Gasteiger partial charge in [-0.2, -0.15) is 0 Å². The molecule has 0 fully saturated rings. The number of fused-ring (bicyclic) bond motifs is 1. The molecule has 7 nitrogen and oxygen atoms in total. The van der Waals surface area contributed by atoms with Crippen LogP contribution >= 0.6 is 11.3 Å². The molecule has 1 aromatic heterocycles. The molecule has 9 heteroatoms. The maximum Gasteiger partial charge on any atom is 0.308 e. The van der Waals surface area contributed by atoms with Gasteiger partial charge in [0.25, 0.3) is 0 Å². The maximum atomic E-state index is 12.5. The zero-order valence-corrected chi connectivity index (χ0v) is 17.4. The molecule has 0 atom stereocenters. The van der Waals surface area contributed by atoms with Gasteiger partial charge >= 0.3 is 4.87 Å². The highest BCUT2D eigenvalue weighted by Crippen LogP contribution is 2.23. The first-order valence-electron chi connectivity index (χ1n) is 8.66. The highest BCUT2D eigenvalue weighted by atomic mass is 32.2. The summed E-state index contributed by atoms with van der Waals surface area (Å²) in [4.78, 5) is 24.4. The molecule has 0 aliphatic rings. The van der Waals surface area contributed by atoms with Crippen LogP contribution in [0.1, 0.15) is 12.5 Å². The Morgan fingerprint density at radius 2 is 1.96 bits per heavy atom. The van der Waals surface area contributed by atoms with E-state index in [1.54, 1.807) is 41.0 Å². The minimum atomic E-state index is -3.63. The standard InChI is InChI=1S/C19H21N3O4S2/c1-4-21-16-9-8-14(11-17(16)27-19(21)24)20-18(23)12-22(28(3,25)26)15-7-5-6-13(2)10-15/h5-11H,4,12H2,1-3H3,(H,20,23). The van der Waals surface area contributed by atoms with Crippen molar-refractivity contribution >= 4 is 48.9 Å². The van der Waals surface area contributed by atoms with E-state index in [4.69, 9.17) is 0 Å². The minimum Gasteiger partial charge on any atom is -0.324 e. The highest BCUT2D eigenvalue weighted by molar-refractivity contribution is 7.92. The molecule has 0 spiro atoms. The Bertz CT molecular complexity index is 1200. The number of hydrogen-bond acceptors (Lipinski definition) is 5. The van der Waals surface area contributed by atoms with E-state index in [0.717, 1.165) is 37.7 Å². The molecule has 148 valence electrons. The molecule has 0 aliphatic heterocycles. The lowest BCUT2D eigenvalue weighted by Crippen LogP contribution is -2.37. The molecule has 3 rings (SSSR count). The number of thiazole rings is 1. The van der Waals surface area contributed by atoms with Crippen LogP contribution in [-0.2, 0) is 21.4 Å².